The van der Waals surface area contributed by atoms with Gasteiger partial charge < -0.3 is 24.8 Å². The molecule has 2 heterocycles. The molecule has 2 N–H and O–H groups in total. The lowest BCUT2D eigenvalue weighted by Gasteiger charge is -2.38. The number of carbonyl (C=O) groups excluding carboxylic acids is 2. The molecule has 2 aromatic rings. The van der Waals surface area contributed by atoms with E-state index in [1.807, 2.05) is 13.8 Å². The van der Waals surface area contributed by atoms with Crippen LogP contribution in [0.3, 0.4) is 0 Å². The van der Waals surface area contributed by atoms with E-state index in [4.69, 9.17) is 9.47 Å². The van der Waals surface area contributed by atoms with Crippen LogP contribution in [0.15, 0.2) is 47.4 Å². The number of hydrogen-bond acceptors (Lipinski definition) is 7. The molecule has 0 bridgehead atoms. The zero-order valence-electron chi connectivity index (χ0n) is 23.5. The van der Waals surface area contributed by atoms with Gasteiger partial charge in [-0.25, -0.2) is 8.42 Å². The van der Waals surface area contributed by atoms with E-state index in [-0.39, 0.29) is 59.6 Å². The average molecular weight is 574 g/mol. The van der Waals surface area contributed by atoms with Gasteiger partial charge in [0.25, 0.3) is 5.91 Å². The van der Waals surface area contributed by atoms with Crippen LogP contribution in [0.5, 0.6) is 5.75 Å². The van der Waals surface area contributed by atoms with Gasteiger partial charge in [-0.1, -0.05) is 30.7 Å². The molecule has 2 aliphatic heterocycles. The highest BCUT2D eigenvalue weighted by atomic mass is 32.2. The first-order chi connectivity index (χ1) is 19.0. The lowest BCUT2D eigenvalue weighted by Crippen LogP contribution is -2.50. The maximum atomic E-state index is 13.7. The maximum Gasteiger partial charge on any atom is 0.258 e. The van der Waals surface area contributed by atoms with Gasteiger partial charge in [0.2, 0.25) is 15.9 Å². The molecule has 1 fully saturated rings. The van der Waals surface area contributed by atoms with Gasteiger partial charge in [0.15, 0.2) is 5.75 Å². The SMILES string of the molecule is Cc1ccc(S(=O)(=O)N(C)C[C@H]2Oc3c(NC(=O)C4CCOCC4)cccc3C(=O)N([C@@H](C)CO)C[C@@H]2C)cc1. The number of nitrogens with one attached hydrogen (secondary N) is 1. The fraction of sp³-hybridized carbons (Fsp3) is 0.517. The van der Waals surface area contributed by atoms with Crippen molar-refractivity contribution in [3.8, 4) is 5.75 Å². The number of nitrogens with zero attached hydrogens (tertiary/aromatic N) is 2. The second kappa shape index (κ2) is 12.7. The first-order valence-corrected chi connectivity index (χ1v) is 15.1. The van der Waals surface area contributed by atoms with Gasteiger partial charge in [0.1, 0.15) is 6.10 Å². The summed E-state index contributed by atoms with van der Waals surface area (Å²) in [4.78, 5) is 28.5. The van der Waals surface area contributed by atoms with Crippen LogP contribution in [0, 0.1) is 18.8 Å². The third kappa shape index (κ3) is 6.49. The number of anilines is 1. The van der Waals surface area contributed by atoms with Gasteiger partial charge >= 0.3 is 0 Å². The van der Waals surface area contributed by atoms with E-state index < -0.39 is 22.2 Å². The number of likely N-dealkylation sites (N-methyl/N-ethyl adjacent to an activating group) is 1. The predicted octanol–water partition coefficient (Wildman–Crippen LogP) is 2.90. The minimum absolute atomic E-state index is 0.00853. The van der Waals surface area contributed by atoms with Crippen LogP contribution < -0.4 is 10.1 Å². The molecular weight excluding hydrogens is 534 g/mol. The van der Waals surface area contributed by atoms with Crippen LogP contribution in [0.2, 0.25) is 0 Å². The lowest BCUT2D eigenvalue weighted by molar-refractivity contribution is -0.122. The van der Waals surface area contributed by atoms with Gasteiger partial charge in [0, 0.05) is 38.6 Å². The second-order valence-corrected chi connectivity index (χ2v) is 12.8. The van der Waals surface area contributed by atoms with E-state index in [1.165, 1.54) is 11.4 Å². The first-order valence-electron chi connectivity index (χ1n) is 13.7. The monoisotopic (exact) mass is 573 g/mol. The number of rotatable bonds is 8. The summed E-state index contributed by atoms with van der Waals surface area (Å²) in [5.41, 5.74) is 1.54. The highest BCUT2D eigenvalue weighted by Crippen LogP contribution is 2.36. The molecule has 4 rings (SSSR count). The summed E-state index contributed by atoms with van der Waals surface area (Å²) >= 11 is 0. The summed E-state index contributed by atoms with van der Waals surface area (Å²) in [6.07, 6.45) is 0.541. The summed E-state index contributed by atoms with van der Waals surface area (Å²) < 4.78 is 39.9. The molecule has 0 aliphatic carbocycles. The van der Waals surface area contributed by atoms with Crippen molar-refractivity contribution in [3.63, 3.8) is 0 Å². The van der Waals surface area contributed by atoms with Crippen LogP contribution in [0.1, 0.15) is 42.6 Å². The van der Waals surface area contributed by atoms with E-state index >= 15 is 0 Å². The van der Waals surface area contributed by atoms with E-state index in [2.05, 4.69) is 5.32 Å². The van der Waals surface area contributed by atoms with Gasteiger partial charge in [0.05, 0.1) is 35.3 Å². The molecule has 0 saturated carbocycles. The van der Waals surface area contributed by atoms with E-state index in [1.54, 1.807) is 54.3 Å². The van der Waals surface area contributed by atoms with Gasteiger partial charge in [-0.2, -0.15) is 4.31 Å². The Morgan fingerprint density at radius 3 is 2.50 bits per heavy atom. The molecule has 10 nitrogen and oxygen atoms in total. The number of sulfonamides is 1. The van der Waals surface area contributed by atoms with Crippen LogP contribution in [-0.4, -0.2) is 86.6 Å². The lowest BCUT2D eigenvalue weighted by atomic mass is 9.98. The standard InChI is InChI=1S/C29H39N3O7S/c1-19-8-10-23(11-9-19)40(36,37)31(4)17-26-20(2)16-32(21(3)18-33)29(35)24-6-5-7-25(27(24)39-26)30-28(34)22-12-14-38-15-13-22/h5-11,20-22,26,33H,12-18H2,1-4H3,(H,30,34)/t20-,21-,26+/m0/s1. The number of para-hydroxylation sites is 1. The molecule has 0 unspecified atom stereocenters. The zero-order valence-corrected chi connectivity index (χ0v) is 24.3. The molecule has 2 amide bonds. The minimum atomic E-state index is -3.81. The third-order valence-corrected chi connectivity index (χ3v) is 9.54. The second-order valence-electron chi connectivity index (χ2n) is 10.8. The number of aryl methyl sites for hydroxylation is 1. The Balaban J connectivity index is 1.69. The summed E-state index contributed by atoms with van der Waals surface area (Å²) in [6, 6.07) is 11.2. The summed E-state index contributed by atoms with van der Waals surface area (Å²) in [5.74, 6) is -0.842. The molecule has 40 heavy (non-hydrogen) atoms. The number of ether oxygens (including phenoxy) is 2. The van der Waals surface area contributed by atoms with Crippen LogP contribution in [0.25, 0.3) is 0 Å². The summed E-state index contributed by atoms with van der Waals surface area (Å²) in [5, 5.41) is 12.8. The van der Waals surface area contributed by atoms with Gasteiger partial charge in [-0.15, -0.1) is 0 Å². The van der Waals surface area contributed by atoms with Crippen molar-refractivity contribution in [1.82, 2.24) is 9.21 Å². The number of carbonyl (C=O) groups is 2. The van der Waals surface area contributed by atoms with E-state index in [0.717, 1.165) is 5.56 Å². The number of amides is 2. The molecule has 2 aromatic carbocycles. The molecule has 11 heteroatoms. The van der Waals surface area contributed by atoms with Crippen molar-refractivity contribution >= 4 is 27.5 Å². The maximum absolute atomic E-state index is 13.7. The molecule has 0 spiro atoms. The smallest absolute Gasteiger partial charge is 0.258 e. The largest absolute Gasteiger partial charge is 0.486 e. The molecular formula is C29H39N3O7S. The number of benzene rings is 2. The topological polar surface area (TPSA) is 125 Å². The quantitative estimate of drug-likeness (QED) is 0.498. The van der Waals surface area contributed by atoms with Crippen molar-refractivity contribution in [1.29, 1.82) is 0 Å². The Morgan fingerprint density at radius 1 is 1.18 bits per heavy atom. The van der Waals surface area contributed by atoms with E-state index in [0.29, 0.717) is 31.7 Å². The Hall–Kier alpha value is -2.99. The van der Waals surface area contributed by atoms with Gasteiger partial charge in [-0.3, -0.25) is 9.59 Å². The average Bonchev–Trinajstić information content (AvgIpc) is 2.95. The van der Waals surface area contributed by atoms with Crippen LogP contribution >= 0.6 is 0 Å². The zero-order chi connectivity index (χ0) is 29.0. The summed E-state index contributed by atoms with van der Waals surface area (Å²) in [6.45, 7) is 6.57. The number of hydrogen-bond donors (Lipinski definition) is 2. The number of aliphatic hydroxyl groups is 1. The van der Waals surface area contributed by atoms with Crippen molar-refractivity contribution in [2.45, 2.75) is 50.7 Å². The van der Waals surface area contributed by atoms with Crippen LogP contribution in [0.4, 0.5) is 5.69 Å². The molecule has 0 radical (unpaired) electrons. The molecule has 218 valence electrons. The highest BCUT2D eigenvalue weighted by Gasteiger charge is 2.36. The van der Waals surface area contributed by atoms with E-state index in [9.17, 15) is 23.1 Å². The Kier molecular flexibility index (Phi) is 9.50. The molecule has 0 aromatic heterocycles. The molecule has 1 saturated heterocycles. The summed E-state index contributed by atoms with van der Waals surface area (Å²) in [7, 11) is -2.31. The Bertz CT molecular complexity index is 1310. The minimum Gasteiger partial charge on any atom is -0.486 e. The normalized spacial score (nSPS) is 21.2. The fourth-order valence-corrected chi connectivity index (χ4v) is 6.18. The number of aliphatic hydroxyl groups excluding tert-OH is 1. The van der Waals surface area contributed by atoms with Crippen LogP contribution in [-0.2, 0) is 19.6 Å². The molecule has 2 aliphatic rings. The Labute approximate surface area is 236 Å². The van der Waals surface area contributed by atoms with Crippen molar-refractivity contribution < 1.29 is 32.6 Å². The predicted molar refractivity (Wildman–Crippen MR) is 151 cm³/mol. The van der Waals surface area contributed by atoms with Crippen molar-refractivity contribution in [3.05, 3.63) is 53.6 Å². The molecule has 3 atom stereocenters. The Morgan fingerprint density at radius 2 is 1.85 bits per heavy atom. The first kappa shape index (κ1) is 30.0. The fourth-order valence-electron chi connectivity index (χ4n) is 5.00. The highest BCUT2D eigenvalue weighted by molar-refractivity contribution is 7.89. The van der Waals surface area contributed by atoms with Crippen molar-refractivity contribution in [2.75, 3.05) is 45.3 Å². The van der Waals surface area contributed by atoms with Gasteiger partial charge in [-0.05, 0) is 51.0 Å². The third-order valence-electron chi connectivity index (χ3n) is 7.71. The number of fused-ring (bicyclic) bond motifs is 1. The van der Waals surface area contributed by atoms with Crippen molar-refractivity contribution in [2.24, 2.45) is 11.8 Å².